The van der Waals surface area contributed by atoms with Crippen LogP contribution in [0.3, 0.4) is 0 Å². The number of rotatable bonds is 3. The van der Waals surface area contributed by atoms with Crippen LogP contribution in [0.25, 0.3) is 0 Å². The topological polar surface area (TPSA) is 91.1 Å². The van der Waals surface area contributed by atoms with Gasteiger partial charge < -0.3 is 15.2 Å². The van der Waals surface area contributed by atoms with Crippen LogP contribution >= 0.6 is 0 Å². The van der Waals surface area contributed by atoms with Gasteiger partial charge in [0, 0.05) is 32.6 Å². The minimum Gasteiger partial charge on any atom is -0.388 e. The summed E-state index contributed by atoms with van der Waals surface area (Å²) < 4.78 is 5.19. The van der Waals surface area contributed by atoms with E-state index in [1.807, 2.05) is 6.07 Å². The van der Waals surface area contributed by atoms with E-state index in [0.29, 0.717) is 44.0 Å². The number of nitrogens with one attached hydrogen (secondary N) is 1. The van der Waals surface area contributed by atoms with Crippen LogP contribution in [0.1, 0.15) is 18.4 Å². The lowest BCUT2D eigenvalue weighted by Gasteiger charge is -2.32. The molecule has 2 rings (SSSR count). The monoisotopic (exact) mass is 234 g/mol. The van der Waals surface area contributed by atoms with E-state index in [9.17, 15) is 5.11 Å². The maximum absolute atomic E-state index is 10.2. The first-order valence-corrected chi connectivity index (χ1v) is 5.49. The lowest BCUT2D eigenvalue weighted by atomic mass is 9.94. The first-order valence-electron chi connectivity index (χ1n) is 5.49. The molecule has 1 fully saturated rings. The van der Waals surface area contributed by atoms with E-state index in [1.54, 1.807) is 6.07 Å². The summed E-state index contributed by atoms with van der Waals surface area (Å²) in [4.78, 5) is 0. The Kier molecular flexibility index (Phi) is 3.52. The lowest BCUT2D eigenvalue weighted by molar-refractivity contribution is -0.0543. The summed E-state index contributed by atoms with van der Waals surface area (Å²) >= 11 is 0. The molecule has 1 aliphatic heterocycles. The molecular formula is C11H14N4O2. The van der Waals surface area contributed by atoms with Crippen molar-refractivity contribution in [1.29, 1.82) is 5.26 Å². The van der Waals surface area contributed by atoms with Gasteiger partial charge >= 0.3 is 0 Å². The second kappa shape index (κ2) is 5.08. The van der Waals surface area contributed by atoms with Gasteiger partial charge in [-0.2, -0.15) is 10.4 Å². The molecule has 0 bridgehead atoms. The maximum atomic E-state index is 10.2. The Hall–Kier alpha value is -1.71. The Bertz CT molecular complexity index is 424. The molecule has 0 aliphatic carbocycles. The van der Waals surface area contributed by atoms with Gasteiger partial charge in [-0.1, -0.05) is 0 Å². The first-order chi connectivity index (χ1) is 8.23. The molecule has 6 nitrogen and oxygen atoms in total. The van der Waals surface area contributed by atoms with Crippen molar-refractivity contribution in [2.24, 2.45) is 0 Å². The van der Waals surface area contributed by atoms with E-state index < -0.39 is 5.60 Å². The van der Waals surface area contributed by atoms with Gasteiger partial charge in [-0.15, -0.1) is 5.10 Å². The number of hydrogen-bond acceptors (Lipinski definition) is 6. The Balaban J connectivity index is 2.00. The summed E-state index contributed by atoms with van der Waals surface area (Å²) in [6.07, 6.45) is 2.64. The molecule has 0 spiro atoms. The van der Waals surface area contributed by atoms with Gasteiger partial charge in [0.25, 0.3) is 0 Å². The minimum absolute atomic E-state index is 0.351. The highest BCUT2D eigenvalue weighted by Crippen LogP contribution is 2.21. The van der Waals surface area contributed by atoms with Crippen LogP contribution in [-0.2, 0) is 4.74 Å². The zero-order valence-corrected chi connectivity index (χ0v) is 9.39. The SMILES string of the molecule is N#Cc1ccnnc1NCC1(O)CCOCC1. The first kappa shape index (κ1) is 11.8. The van der Waals surface area contributed by atoms with Crippen LogP contribution in [0, 0.1) is 11.3 Å². The van der Waals surface area contributed by atoms with E-state index in [0.717, 1.165) is 0 Å². The third-order valence-corrected chi connectivity index (χ3v) is 2.85. The van der Waals surface area contributed by atoms with Crippen molar-refractivity contribution in [2.75, 3.05) is 25.1 Å². The number of nitriles is 1. The summed E-state index contributed by atoms with van der Waals surface area (Å²) in [7, 11) is 0. The molecule has 2 N–H and O–H groups in total. The lowest BCUT2D eigenvalue weighted by Crippen LogP contribution is -2.42. The zero-order chi connectivity index (χ0) is 12.1. The van der Waals surface area contributed by atoms with Crippen molar-refractivity contribution in [3.63, 3.8) is 0 Å². The van der Waals surface area contributed by atoms with Crippen molar-refractivity contribution in [3.05, 3.63) is 17.8 Å². The summed E-state index contributed by atoms with van der Waals surface area (Å²) in [5, 5.41) is 29.6. The Labute approximate surface area is 99.2 Å². The number of anilines is 1. The molecule has 0 unspecified atom stereocenters. The van der Waals surface area contributed by atoms with E-state index in [4.69, 9.17) is 10.00 Å². The third kappa shape index (κ3) is 2.90. The zero-order valence-electron chi connectivity index (χ0n) is 9.39. The van der Waals surface area contributed by atoms with Crippen LogP contribution in [0.4, 0.5) is 5.82 Å². The van der Waals surface area contributed by atoms with Gasteiger partial charge in [0.2, 0.25) is 0 Å². The quantitative estimate of drug-likeness (QED) is 0.781. The van der Waals surface area contributed by atoms with Crippen LogP contribution in [0.2, 0.25) is 0 Å². The number of aliphatic hydroxyl groups is 1. The van der Waals surface area contributed by atoms with Gasteiger partial charge in [0.05, 0.1) is 17.4 Å². The second-order valence-electron chi connectivity index (χ2n) is 4.10. The van der Waals surface area contributed by atoms with E-state index in [2.05, 4.69) is 15.5 Å². The number of aromatic nitrogens is 2. The highest BCUT2D eigenvalue weighted by molar-refractivity contribution is 5.50. The van der Waals surface area contributed by atoms with Crippen molar-refractivity contribution in [3.8, 4) is 6.07 Å². The second-order valence-corrected chi connectivity index (χ2v) is 4.10. The summed E-state index contributed by atoms with van der Waals surface area (Å²) in [5.74, 6) is 0.412. The molecule has 1 aromatic rings. The Morgan fingerprint density at radius 3 is 3.00 bits per heavy atom. The molecule has 17 heavy (non-hydrogen) atoms. The van der Waals surface area contributed by atoms with E-state index >= 15 is 0 Å². The van der Waals surface area contributed by atoms with E-state index in [1.165, 1.54) is 6.20 Å². The standard InChI is InChI=1S/C11H14N4O2/c12-7-9-1-4-14-15-10(9)13-8-11(16)2-5-17-6-3-11/h1,4,16H,2-3,5-6,8H2,(H,13,15). The predicted molar refractivity (Wildman–Crippen MR) is 60.2 cm³/mol. The molecule has 1 aliphatic rings. The van der Waals surface area contributed by atoms with E-state index in [-0.39, 0.29) is 0 Å². The highest BCUT2D eigenvalue weighted by Gasteiger charge is 2.29. The normalized spacial score (nSPS) is 18.4. The maximum Gasteiger partial charge on any atom is 0.166 e. The highest BCUT2D eigenvalue weighted by atomic mass is 16.5. The number of nitrogens with zero attached hydrogens (tertiary/aromatic N) is 3. The molecule has 90 valence electrons. The van der Waals surface area contributed by atoms with Gasteiger partial charge in [-0.3, -0.25) is 0 Å². The van der Waals surface area contributed by atoms with Crippen LogP contribution in [-0.4, -0.2) is 40.7 Å². The largest absolute Gasteiger partial charge is 0.388 e. The fourth-order valence-electron chi connectivity index (χ4n) is 1.73. The average Bonchev–Trinajstić information content (AvgIpc) is 2.38. The molecule has 1 aromatic heterocycles. The number of ether oxygens (including phenoxy) is 1. The predicted octanol–water partition coefficient (Wildman–Crippen LogP) is 0.302. The van der Waals surface area contributed by atoms with Gasteiger partial charge in [0.1, 0.15) is 6.07 Å². The molecule has 1 saturated heterocycles. The number of hydrogen-bond donors (Lipinski definition) is 2. The fraction of sp³-hybridized carbons (Fsp3) is 0.545. The summed E-state index contributed by atoms with van der Waals surface area (Å²) in [6.45, 7) is 1.47. The van der Waals surface area contributed by atoms with Gasteiger partial charge in [-0.25, -0.2) is 0 Å². The third-order valence-electron chi connectivity index (χ3n) is 2.85. The Morgan fingerprint density at radius 1 is 1.53 bits per heavy atom. The molecule has 0 aromatic carbocycles. The average molecular weight is 234 g/mol. The van der Waals surface area contributed by atoms with Gasteiger partial charge in [-0.05, 0) is 6.07 Å². The molecule has 0 amide bonds. The van der Waals surface area contributed by atoms with Crippen LogP contribution < -0.4 is 5.32 Å². The van der Waals surface area contributed by atoms with Crippen LogP contribution in [0.15, 0.2) is 12.3 Å². The molecule has 6 heteroatoms. The Morgan fingerprint density at radius 2 is 2.29 bits per heavy atom. The molecule has 0 atom stereocenters. The molecular weight excluding hydrogens is 220 g/mol. The molecule has 0 saturated carbocycles. The molecule has 0 radical (unpaired) electrons. The fourth-order valence-corrected chi connectivity index (χ4v) is 1.73. The smallest absolute Gasteiger partial charge is 0.166 e. The summed E-state index contributed by atoms with van der Waals surface area (Å²) in [5.41, 5.74) is -0.363. The van der Waals surface area contributed by atoms with Crippen molar-refractivity contribution in [1.82, 2.24) is 10.2 Å². The van der Waals surface area contributed by atoms with Crippen LogP contribution in [0.5, 0.6) is 0 Å². The minimum atomic E-state index is -0.789. The molecule has 2 heterocycles. The summed E-state index contributed by atoms with van der Waals surface area (Å²) in [6, 6.07) is 3.61. The van der Waals surface area contributed by atoms with Crippen molar-refractivity contribution < 1.29 is 9.84 Å². The van der Waals surface area contributed by atoms with Crippen molar-refractivity contribution >= 4 is 5.82 Å². The van der Waals surface area contributed by atoms with Gasteiger partial charge in [0.15, 0.2) is 5.82 Å². The van der Waals surface area contributed by atoms with Crippen molar-refractivity contribution in [2.45, 2.75) is 18.4 Å².